The topological polar surface area (TPSA) is 18.5 Å². The number of rotatable bonds is 1. The van der Waals surface area contributed by atoms with Crippen LogP contribution in [0.2, 0.25) is 0 Å². The number of halogens is 2. The number of ether oxygens (including phenoxy) is 2. The van der Waals surface area contributed by atoms with Crippen molar-refractivity contribution in [2.24, 2.45) is 0 Å². The second-order valence-corrected chi connectivity index (χ2v) is 5.47. The van der Waals surface area contributed by atoms with E-state index >= 15 is 0 Å². The molecule has 0 saturated carbocycles. The summed E-state index contributed by atoms with van der Waals surface area (Å²) in [7, 11) is 0. The summed E-state index contributed by atoms with van der Waals surface area (Å²) in [5, 5.41) is 0. The summed E-state index contributed by atoms with van der Waals surface area (Å²) >= 11 is 6.82. The second kappa shape index (κ2) is 3.26. The largest absolute Gasteiger partial charge is 0.454 e. The molecule has 0 amide bonds. The summed E-state index contributed by atoms with van der Waals surface area (Å²) in [4.78, 5) is 0. The van der Waals surface area contributed by atoms with Gasteiger partial charge < -0.3 is 9.47 Å². The van der Waals surface area contributed by atoms with Crippen LogP contribution in [0.15, 0.2) is 18.2 Å². The van der Waals surface area contributed by atoms with Crippen LogP contribution in [0, 0.1) is 0 Å². The highest BCUT2D eigenvalue weighted by Crippen LogP contribution is 2.38. The zero-order chi connectivity index (χ0) is 8.55. The van der Waals surface area contributed by atoms with Crippen LogP contribution in [0.5, 0.6) is 11.5 Å². The molecule has 0 aliphatic carbocycles. The minimum absolute atomic E-state index is 0.166. The summed E-state index contributed by atoms with van der Waals surface area (Å²) in [5.41, 5.74) is 1.12. The van der Waals surface area contributed by atoms with Gasteiger partial charge in [0.1, 0.15) is 0 Å². The molecule has 0 bridgehead atoms. The van der Waals surface area contributed by atoms with E-state index in [9.17, 15) is 0 Å². The van der Waals surface area contributed by atoms with E-state index in [1.54, 1.807) is 0 Å². The predicted octanol–water partition coefficient (Wildman–Crippen LogP) is 3.20. The molecule has 0 fully saturated rings. The van der Waals surface area contributed by atoms with Gasteiger partial charge in [-0.15, -0.1) is 0 Å². The van der Waals surface area contributed by atoms with Crippen LogP contribution in [0.3, 0.4) is 0 Å². The Kier molecular flexibility index (Phi) is 2.28. The minimum atomic E-state index is 0.166. The number of hydrogen-bond acceptors (Lipinski definition) is 2. The first kappa shape index (κ1) is 8.38. The molecule has 64 valence electrons. The first-order valence-corrected chi connectivity index (χ1v) is 5.28. The SMILES string of the molecule is BrC(Br)c1ccc2c(c1)OCO2. The summed E-state index contributed by atoms with van der Waals surface area (Å²) in [5.74, 6) is 1.64. The molecule has 4 heteroatoms. The third kappa shape index (κ3) is 1.45. The lowest BCUT2D eigenvalue weighted by molar-refractivity contribution is 0.174. The standard InChI is InChI=1S/C8H6Br2O2/c9-8(10)5-1-2-6-7(3-5)12-4-11-6/h1-3,8H,4H2. The van der Waals surface area contributed by atoms with E-state index in [1.165, 1.54) is 0 Å². The highest BCUT2D eigenvalue weighted by atomic mass is 79.9. The van der Waals surface area contributed by atoms with Crippen molar-refractivity contribution in [2.45, 2.75) is 3.74 Å². The van der Waals surface area contributed by atoms with Crippen molar-refractivity contribution in [3.8, 4) is 11.5 Å². The van der Waals surface area contributed by atoms with Crippen LogP contribution in [0.1, 0.15) is 9.30 Å². The van der Waals surface area contributed by atoms with Crippen molar-refractivity contribution in [1.82, 2.24) is 0 Å². The minimum Gasteiger partial charge on any atom is -0.454 e. The maximum absolute atomic E-state index is 5.23. The van der Waals surface area contributed by atoms with E-state index in [-0.39, 0.29) is 3.74 Å². The molecule has 1 aromatic carbocycles. The fourth-order valence-corrected chi connectivity index (χ4v) is 1.62. The normalized spacial score (nSPS) is 13.9. The van der Waals surface area contributed by atoms with Gasteiger partial charge in [-0.1, -0.05) is 37.9 Å². The van der Waals surface area contributed by atoms with Crippen LogP contribution in [0.25, 0.3) is 0 Å². The number of benzene rings is 1. The summed E-state index contributed by atoms with van der Waals surface area (Å²) < 4.78 is 10.6. The van der Waals surface area contributed by atoms with E-state index in [0.717, 1.165) is 17.1 Å². The maximum Gasteiger partial charge on any atom is 0.231 e. The Morgan fingerprint density at radius 2 is 1.92 bits per heavy atom. The fourth-order valence-electron chi connectivity index (χ4n) is 1.05. The highest BCUT2D eigenvalue weighted by Gasteiger charge is 2.14. The Hall–Kier alpha value is -0.220. The third-order valence-corrected chi connectivity index (χ3v) is 2.71. The second-order valence-electron chi connectivity index (χ2n) is 2.41. The molecule has 2 nitrogen and oxygen atoms in total. The fraction of sp³-hybridized carbons (Fsp3) is 0.250. The highest BCUT2D eigenvalue weighted by molar-refractivity contribution is 9.24. The Labute approximate surface area is 87.1 Å². The molecule has 0 N–H and O–H groups in total. The maximum atomic E-state index is 5.23. The molecule has 0 spiro atoms. The average molecular weight is 294 g/mol. The van der Waals surface area contributed by atoms with Crippen molar-refractivity contribution >= 4 is 31.9 Å². The molecule has 1 aliphatic rings. The number of alkyl halides is 2. The lowest BCUT2D eigenvalue weighted by Gasteiger charge is -2.02. The van der Waals surface area contributed by atoms with Crippen molar-refractivity contribution in [3.63, 3.8) is 0 Å². The Morgan fingerprint density at radius 1 is 1.17 bits per heavy atom. The van der Waals surface area contributed by atoms with Gasteiger partial charge in [0.15, 0.2) is 11.5 Å². The summed E-state index contributed by atoms with van der Waals surface area (Å²) in [6, 6.07) is 5.85. The van der Waals surface area contributed by atoms with Crippen LogP contribution < -0.4 is 9.47 Å². The molecule has 1 aliphatic heterocycles. The molecule has 2 rings (SSSR count). The van der Waals surface area contributed by atoms with Crippen molar-refractivity contribution in [1.29, 1.82) is 0 Å². The molecule has 12 heavy (non-hydrogen) atoms. The Bertz CT molecular complexity index is 299. The van der Waals surface area contributed by atoms with Gasteiger partial charge in [0.2, 0.25) is 6.79 Å². The lowest BCUT2D eigenvalue weighted by Crippen LogP contribution is -1.92. The average Bonchev–Trinajstić information content (AvgIpc) is 2.49. The summed E-state index contributed by atoms with van der Waals surface area (Å²) in [6.07, 6.45) is 0. The van der Waals surface area contributed by atoms with Gasteiger partial charge >= 0.3 is 0 Å². The van der Waals surface area contributed by atoms with Crippen molar-refractivity contribution < 1.29 is 9.47 Å². The lowest BCUT2D eigenvalue weighted by atomic mass is 10.2. The van der Waals surface area contributed by atoms with E-state index in [0.29, 0.717) is 6.79 Å². The first-order valence-electron chi connectivity index (χ1n) is 3.45. The van der Waals surface area contributed by atoms with E-state index < -0.39 is 0 Å². The van der Waals surface area contributed by atoms with Gasteiger partial charge in [0.05, 0.1) is 3.74 Å². The van der Waals surface area contributed by atoms with Crippen LogP contribution in [0.4, 0.5) is 0 Å². The zero-order valence-electron chi connectivity index (χ0n) is 6.09. The Morgan fingerprint density at radius 3 is 2.67 bits per heavy atom. The van der Waals surface area contributed by atoms with Gasteiger partial charge in [-0.3, -0.25) is 0 Å². The third-order valence-electron chi connectivity index (χ3n) is 1.65. The van der Waals surface area contributed by atoms with Crippen molar-refractivity contribution in [3.05, 3.63) is 23.8 Å². The van der Waals surface area contributed by atoms with Crippen molar-refractivity contribution in [2.75, 3.05) is 6.79 Å². The molecule has 0 radical (unpaired) electrons. The van der Waals surface area contributed by atoms with E-state index in [4.69, 9.17) is 9.47 Å². The molecular weight excluding hydrogens is 288 g/mol. The Balaban J connectivity index is 2.39. The summed E-state index contributed by atoms with van der Waals surface area (Å²) in [6.45, 7) is 0.327. The molecule has 0 unspecified atom stereocenters. The zero-order valence-corrected chi connectivity index (χ0v) is 9.26. The van der Waals surface area contributed by atoms with Gasteiger partial charge in [-0.2, -0.15) is 0 Å². The van der Waals surface area contributed by atoms with Gasteiger partial charge in [0, 0.05) is 0 Å². The quantitative estimate of drug-likeness (QED) is 0.740. The molecule has 0 saturated heterocycles. The molecule has 1 aromatic rings. The molecule has 0 atom stereocenters. The van der Waals surface area contributed by atoms with Gasteiger partial charge in [-0.25, -0.2) is 0 Å². The van der Waals surface area contributed by atoms with Gasteiger partial charge in [0.25, 0.3) is 0 Å². The monoisotopic (exact) mass is 292 g/mol. The predicted molar refractivity (Wildman–Crippen MR) is 53.2 cm³/mol. The number of hydrogen-bond donors (Lipinski definition) is 0. The van der Waals surface area contributed by atoms with E-state index in [1.807, 2.05) is 18.2 Å². The van der Waals surface area contributed by atoms with Crippen LogP contribution >= 0.6 is 31.9 Å². The van der Waals surface area contributed by atoms with Gasteiger partial charge in [-0.05, 0) is 17.7 Å². The smallest absolute Gasteiger partial charge is 0.231 e. The number of fused-ring (bicyclic) bond motifs is 1. The molecule has 1 heterocycles. The van der Waals surface area contributed by atoms with E-state index in [2.05, 4.69) is 31.9 Å². The first-order chi connectivity index (χ1) is 5.77. The molecule has 0 aromatic heterocycles. The van der Waals surface area contributed by atoms with Crippen LogP contribution in [-0.4, -0.2) is 6.79 Å². The molecular formula is C8H6Br2O2. The van der Waals surface area contributed by atoms with Crippen LogP contribution in [-0.2, 0) is 0 Å².